The van der Waals surface area contributed by atoms with Gasteiger partial charge in [0.15, 0.2) is 0 Å². The lowest BCUT2D eigenvalue weighted by molar-refractivity contribution is -0.0463. The molecule has 2 heteroatoms. The molecule has 15 heavy (non-hydrogen) atoms. The Balaban J connectivity index is 2.24. The Labute approximate surface area is 95.0 Å². The van der Waals surface area contributed by atoms with Crippen molar-refractivity contribution in [3.05, 3.63) is 0 Å². The molecule has 0 unspecified atom stereocenters. The van der Waals surface area contributed by atoms with Gasteiger partial charge < -0.3 is 9.64 Å². The predicted molar refractivity (Wildman–Crippen MR) is 65.2 cm³/mol. The van der Waals surface area contributed by atoms with Gasteiger partial charge in [0.2, 0.25) is 0 Å². The van der Waals surface area contributed by atoms with Gasteiger partial charge >= 0.3 is 0 Å². The van der Waals surface area contributed by atoms with Crippen molar-refractivity contribution >= 4 is 0 Å². The summed E-state index contributed by atoms with van der Waals surface area (Å²) in [6, 6.07) is 0. The van der Waals surface area contributed by atoms with E-state index in [0.717, 1.165) is 0 Å². The van der Waals surface area contributed by atoms with E-state index in [-0.39, 0.29) is 0 Å². The Bertz CT molecular complexity index is 147. The minimum Gasteiger partial charge on any atom is -0.375 e. The van der Waals surface area contributed by atoms with E-state index in [1.807, 2.05) is 0 Å². The van der Waals surface area contributed by atoms with Gasteiger partial charge in [0.1, 0.15) is 0 Å². The summed E-state index contributed by atoms with van der Waals surface area (Å²) < 4.78 is 6.19. The van der Waals surface area contributed by atoms with Crippen LogP contribution in [0.4, 0.5) is 0 Å². The molecule has 1 aliphatic heterocycles. The minimum atomic E-state index is 0.522. The molecule has 2 nitrogen and oxygen atoms in total. The first-order valence-electron chi connectivity index (χ1n) is 6.60. The monoisotopic (exact) mass is 213 g/mol. The zero-order valence-electron chi connectivity index (χ0n) is 10.7. The fourth-order valence-corrected chi connectivity index (χ4v) is 2.32. The van der Waals surface area contributed by atoms with Crippen LogP contribution in [0.15, 0.2) is 0 Å². The van der Waals surface area contributed by atoms with Crippen LogP contribution in [0.25, 0.3) is 0 Å². The average Bonchev–Trinajstić information content (AvgIpc) is 2.22. The van der Waals surface area contributed by atoms with E-state index in [1.165, 1.54) is 51.6 Å². The first kappa shape index (κ1) is 13.0. The summed E-state index contributed by atoms with van der Waals surface area (Å²) in [5.74, 6) is 0. The summed E-state index contributed by atoms with van der Waals surface area (Å²) in [5, 5.41) is 0. The molecule has 0 amide bonds. The lowest BCUT2D eigenvalue weighted by Crippen LogP contribution is -2.36. The van der Waals surface area contributed by atoms with E-state index in [1.54, 1.807) is 0 Å². The highest BCUT2D eigenvalue weighted by Gasteiger charge is 2.20. The van der Waals surface area contributed by atoms with Gasteiger partial charge in [-0.3, -0.25) is 0 Å². The summed E-state index contributed by atoms with van der Waals surface area (Å²) in [5.41, 5.74) is 0. The first-order chi connectivity index (χ1) is 7.26. The molecule has 1 saturated heterocycles. The lowest BCUT2D eigenvalue weighted by Gasteiger charge is -2.31. The fraction of sp³-hybridized carbons (Fsp3) is 1.00. The van der Waals surface area contributed by atoms with Crippen molar-refractivity contribution in [3.8, 4) is 0 Å². The van der Waals surface area contributed by atoms with Crippen LogP contribution in [0.2, 0.25) is 0 Å². The van der Waals surface area contributed by atoms with Crippen LogP contribution in [0.1, 0.15) is 52.4 Å². The summed E-state index contributed by atoms with van der Waals surface area (Å²) in [6.07, 6.45) is 8.47. The molecule has 1 aliphatic rings. The first-order valence-corrected chi connectivity index (χ1v) is 6.60. The molecule has 0 saturated carbocycles. The molecule has 1 fully saturated rings. The van der Waals surface area contributed by atoms with Crippen LogP contribution in [-0.4, -0.2) is 37.2 Å². The fourth-order valence-electron chi connectivity index (χ4n) is 2.32. The maximum absolute atomic E-state index is 6.19. The van der Waals surface area contributed by atoms with Crippen LogP contribution >= 0.6 is 0 Å². The van der Waals surface area contributed by atoms with Crippen molar-refractivity contribution < 1.29 is 4.74 Å². The van der Waals surface area contributed by atoms with Crippen LogP contribution < -0.4 is 0 Å². The average molecular weight is 213 g/mol. The standard InChI is InChI=1S/C13H27NO/c1-4-6-12(7-5-2)15-13-8-10-14(3)11-9-13/h12-13H,4-11H2,1-3H3. The van der Waals surface area contributed by atoms with E-state index >= 15 is 0 Å². The second-order valence-corrected chi connectivity index (χ2v) is 4.84. The zero-order chi connectivity index (χ0) is 11.1. The van der Waals surface area contributed by atoms with Crippen LogP contribution in [0.5, 0.6) is 0 Å². The van der Waals surface area contributed by atoms with Gasteiger partial charge in [-0.15, -0.1) is 0 Å². The summed E-state index contributed by atoms with van der Waals surface area (Å²) >= 11 is 0. The SMILES string of the molecule is CCCC(CCC)OC1CCN(C)CC1. The quantitative estimate of drug-likeness (QED) is 0.672. The number of ether oxygens (including phenoxy) is 1. The molecule has 0 aromatic heterocycles. The molecule has 0 atom stereocenters. The normalized spacial score (nSPS) is 20.0. The third kappa shape index (κ3) is 4.98. The number of nitrogens with zero attached hydrogens (tertiary/aromatic N) is 1. The topological polar surface area (TPSA) is 12.5 Å². The Morgan fingerprint density at radius 1 is 1.13 bits per heavy atom. The van der Waals surface area contributed by atoms with Gasteiger partial charge in [0.25, 0.3) is 0 Å². The molecular weight excluding hydrogens is 186 g/mol. The van der Waals surface area contributed by atoms with Crippen LogP contribution in [0, 0.1) is 0 Å². The van der Waals surface area contributed by atoms with Crippen LogP contribution in [0.3, 0.4) is 0 Å². The number of hydrogen-bond acceptors (Lipinski definition) is 2. The van der Waals surface area contributed by atoms with Crippen molar-refractivity contribution in [2.24, 2.45) is 0 Å². The predicted octanol–water partition coefficient (Wildman–Crippen LogP) is 3.07. The van der Waals surface area contributed by atoms with E-state index < -0.39 is 0 Å². The molecule has 90 valence electrons. The second kappa shape index (κ2) is 7.24. The molecule has 0 aromatic carbocycles. The Morgan fingerprint density at radius 3 is 2.13 bits per heavy atom. The number of rotatable bonds is 6. The van der Waals surface area contributed by atoms with Gasteiger partial charge in [-0.1, -0.05) is 26.7 Å². The molecule has 1 heterocycles. The third-order valence-electron chi connectivity index (χ3n) is 3.27. The van der Waals surface area contributed by atoms with Crippen LogP contribution in [-0.2, 0) is 4.74 Å². The number of likely N-dealkylation sites (tertiary alicyclic amines) is 1. The Hall–Kier alpha value is -0.0800. The van der Waals surface area contributed by atoms with Crippen molar-refractivity contribution in [2.75, 3.05) is 20.1 Å². The van der Waals surface area contributed by atoms with Gasteiger partial charge in [0, 0.05) is 13.1 Å². The number of hydrogen-bond donors (Lipinski definition) is 0. The van der Waals surface area contributed by atoms with Gasteiger partial charge in [0.05, 0.1) is 12.2 Å². The smallest absolute Gasteiger partial charge is 0.0603 e. The molecule has 0 N–H and O–H groups in total. The molecule has 0 bridgehead atoms. The highest BCUT2D eigenvalue weighted by Crippen LogP contribution is 2.18. The highest BCUT2D eigenvalue weighted by molar-refractivity contribution is 4.72. The van der Waals surface area contributed by atoms with E-state index in [2.05, 4.69) is 25.8 Å². The van der Waals surface area contributed by atoms with E-state index in [0.29, 0.717) is 12.2 Å². The Kier molecular flexibility index (Phi) is 6.26. The van der Waals surface area contributed by atoms with Gasteiger partial charge in [-0.05, 0) is 32.7 Å². The largest absolute Gasteiger partial charge is 0.375 e. The molecule has 0 spiro atoms. The molecular formula is C13H27NO. The summed E-state index contributed by atoms with van der Waals surface area (Å²) in [7, 11) is 2.20. The van der Waals surface area contributed by atoms with Crippen molar-refractivity contribution in [1.29, 1.82) is 0 Å². The Morgan fingerprint density at radius 2 is 1.67 bits per heavy atom. The van der Waals surface area contributed by atoms with Crippen molar-refractivity contribution in [1.82, 2.24) is 4.90 Å². The summed E-state index contributed by atoms with van der Waals surface area (Å²) in [4.78, 5) is 2.40. The number of piperidine rings is 1. The molecule has 0 radical (unpaired) electrons. The highest BCUT2D eigenvalue weighted by atomic mass is 16.5. The lowest BCUT2D eigenvalue weighted by atomic mass is 10.1. The zero-order valence-corrected chi connectivity index (χ0v) is 10.7. The molecule has 1 rings (SSSR count). The molecule has 0 aliphatic carbocycles. The summed E-state index contributed by atoms with van der Waals surface area (Å²) in [6.45, 7) is 6.91. The second-order valence-electron chi connectivity index (χ2n) is 4.84. The van der Waals surface area contributed by atoms with E-state index in [4.69, 9.17) is 4.74 Å². The van der Waals surface area contributed by atoms with E-state index in [9.17, 15) is 0 Å². The maximum atomic E-state index is 6.19. The van der Waals surface area contributed by atoms with Crippen molar-refractivity contribution in [3.63, 3.8) is 0 Å². The maximum Gasteiger partial charge on any atom is 0.0603 e. The third-order valence-corrected chi connectivity index (χ3v) is 3.27. The van der Waals surface area contributed by atoms with Gasteiger partial charge in [-0.25, -0.2) is 0 Å². The minimum absolute atomic E-state index is 0.522. The molecule has 0 aromatic rings. The van der Waals surface area contributed by atoms with Crippen molar-refractivity contribution in [2.45, 2.75) is 64.6 Å². The van der Waals surface area contributed by atoms with Gasteiger partial charge in [-0.2, -0.15) is 0 Å².